The van der Waals surface area contributed by atoms with E-state index < -0.39 is 84.9 Å². The molecule has 6 rings (SSSR count). The van der Waals surface area contributed by atoms with E-state index >= 15 is 0 Å². The zero-order valence-electron chi connectivity index (χ0n) is 33.3. The normalized spacial score (nSPS) is 22.9. The van der Waals surface area contributed by atoms with Crippen LogP contribution in [0.5, 0.6) is 11.6 Å². The molecule has 1 saturated heterocycles. The van der Waals surface area contributed by atoms with Gasteiger partial charge in [-0.25, -0.2) is 13.4 Å². The summed E-state index contributed by atoms with van der Waals surface area (Å²) in [7, 11) is -2.06. The average molecular weight is 788 g/mol. The maximum atomic E-state index is 14.7. The predicted octanol–water partition coefficient (Wildman–Crippen LogP) is 5.86. The Morgan fingerprint density at radius 2 is 1.71 bits per heavy atom. The smallest absolute Gasteiger partial charge is 0.307 e. The standard InChI is InChI=1S/C43H53N3O9S/c1-9-28-23-43(28,36(47)25-56(51,52)31-18-19-31)45-38(49)35-21-30(24-46(35)40(50)33(41(2,3)4)22-37(48)55-42(5,6)7)54-39-32-13-11-10-12-27(32)20-34(44-39)26-14-16-29(53-8)17-15-26/h9-17,20,28,30-31,33,35H,1,18-19,21-25H2,2-8H3,(H,45,49)/t28-,30-,33-,35+,43-/m1/s1. The van der Waals surface area contributed by atoms with E-state index in [1.165, 1.54) is 4.90 Å². The number of Topliss-reactive ketones (excluding diaryl/α,β-unsaturated/α-hetero) is 1. The highest BCUT2D eigenvalue weighted by Gasteiger charge is 2.61. The minimum absolute atomic E-state index is 0.0114. The molecule has 2 aromatic carbocycles. The van der Waals surface area contributed by atoms with E-state index in [9.17, 15) is 27.6 Å². The second kappa shape index (κ2) is 15.3. The van der Waals surface area contributed by atoms with E-state index in [0.29, 0.717) is 30.2 Å². The van der Waals surface area contributed by atoms with Crippen molar-refractivity contribution in [2.24, 2.45) is 17.3 Å². The molecule has 3 aliphatic rings. The Morgan fingerprint density at radius 3 is 2.30 bits per heavy atom. The summed E-state index contributed by atoms with van der Waals surface area (Å²) in [6.07, 6.45) is 1.92. The minimum Gasteiger partial charge on any atom is -0.497 e. The first-order chi connectivity index (χ1) is 26.2. The second-order valence-electron chi connectivity index (χ2n) is 17.4. The van der Waals surface area contributed by atoms with Gasteiger partial charge in [-0.05, 0) is 87.2 Å². The molecule has 56 heavy (non-hydrogen) atoms. The van der Waals surface area contributed by atoms with Gasteiger partial charge in [-0.1, -0.05) is 45.0 Å². The van der Waals surface area contributed by atoms with Gasteiger partial charge in [0.2, 0.25) is 17.7 Å². The molecular weight excluding hydrogens is 735 g/mol. The summed E-state index contributed by atoms with van der Waals surface area (Å²) in [4.78, 5) is 62.4. The molecule has 1 aliphatic heterocycles. The lowest BCUT2D eigenvalue weighted by atomic mass is 9.77. The predicted molar refractivity (Wildman–Crippen MR) is 213 cm³/mol. The number of carbonyl (C=O) groups excluding carboxylic acids is 4. The van der Waals surface area contributed by atoms with E-state index in [2.05, 4.69) is 11.9 Å². The summed E-state index contributed by atoms with van der Waals surface area (Å²) < 4.78 is 43.3. The maximum absolute atomic E-state index is 14.7. The lowest BCUT2D eigenvalue weighted by molar-refractivity contribution is -0.161. The van der Waals surface area contributed by atoms with Crippen molar-refractivity contribution in [1.82, 2.24) is 15.2 Å². The summed E-state index contributed by atoms with van der Waals surface area (Å²) >= 11 is 0. The summed E-state index contributed by atoms with van der Waals surface area (Å²) in [5.74, 6) is -3.17. The van der Waals surface area contributed by atoms with Crippen molar-refractivity contribution in [3.8, 4) is 22.9 Å². The Kier molecular flexibility index (Phi) is 11.2. The number of benzene rings is 2. The summed E-state index contributed by atoms with van der Waals surface area (Å²) in [6.45, 7) is 14.6. The van der Waals surface area contributed by atoms with Gasteiger partial charge in [-0.15, -0.1) is 6.58 Å². The average Bonchev–Trinajstić information content (AvgIpc) is 4.06. The fourth-order valence-corrected chi connectivity index (χ4v) is 9.19. The Bertz CT molecular complexity index is 2130. The molecule has 3 aromatic rings. The van der Waals surface area contributed by atoms with Gasteiger partial charge in [0.1, 0.15) is 34.8 Å². The molecule has 2 heterocycles. The lowest BCUT2D eigenvalue weighted by Gasteiger charge is -2.35. The van der Waals surface area contributed by atoms with E-state index in [0.717, 1.165) is 16.3 Å². The van der Waals surface area contributed by atoms with Gasteiger partial charge in [0, 0.05) is 23.3 Å². The van der Waals surface area contributed by atoms with Crippen molar-refractivity contribution in [3.63, 3.8) is 0 Å². The van der Waals surface area contributed by atoms with Crippen molar-refractivity contribution in [2.75, 3.05) is 19.4 Å². The van der Waals surface area contributed by atoms with Gasteiger partial charge in [0.05, 0.1) is 36.9 Å². The van der Waals surface area contributed by atoms with E-state index in [4.69, 9.17) is 19.2 Å². The highest BCUT2D eigenvalue weighted by Crippen LogP contribution is 2.47. The zero-order chi connectivity index (χ0) is 40.8. The van der Waals surface area contributed by atoms with Crippen LogP contribution in [0.25, 0.3) is 22.0 Å². The molecule has 3 fully saturated rings. The molecule has 1 N–H and O–H groups in total. The first-order valence-electron chi connectivity index (χ1n) is 19.2. The van der Waals surface area contributed by atoms with Crippen molar-refractivity contribution >= 4 is 44.2 Å². The molecule has 5 atom stereocenters. The quantitative estimate of drug-likeness (QED) is 0.155. The van der Waals surface area contributed by atoms with Crippen LogP contribution in [-0.2, 0) is 33.8 Å². The molecule has 0 bridgehead atoms. The highest BCUT2D eigenvalue weighted by molar-refractivity contribution is 7.93. The number of ketones is 1. The second-order valence-corrected chi connectivity index (χ2v) is 19.7. The Balaban J connectivity index is 1.33. The number of esters is 1. The molecule has 13 heteroatoms. The van der Waals surface area contributed by atoms with Crippen molar-refractivity contribution in [1.29, 1.82) is 0 Å². The van der Waals surface area contributed by atoms with Crippen LogP contribution < -0.4 is 14.8 Å². The number of fused-ring (bicyclic) bond motifs is 1. The van der Waals surface area contributed by atoms with Gasteiger partial charge < -0.3 is 24.4 Å². The largest absolute Gasteiger partial charge is 0.497 e. The van der Waals surface area contributed by atoms with E-state index in [1.807, 2.05) is 75.4 Å². The third-order valence-corrected chi connectivity index (χ3v) is 13.0. The number of sulfone groups is 1. The minimum atomic E-state index is -3.66. The first kappa shape index (κ1) is 40.9. The van der Waals surface area contributed by atoms with Crippen molar-refractivity contribution in [3.05, 3.63) is 67.3 Å². The lowest BCUT2D eigenvalue weighted by Crippen LogP contribution is -2.55. The molecule has 2 saturated carbocycles. The molecule has 300 valence electrons. The Hall–Kier alpha value is -4.78. The van der Waals surface area contributed by atoms with Crippen LogP contribution >= 0.6 is 0 Å². The van der Waals surface area contributed by atoms with Gasteiger partial charge in [-0.3, -0.25) is 19.2 Å². The number of aromatic nitrogens is 1. The molecule has 2 amide bonds. The number of nitrogens with one attached hydrogen (secondary N) is 1. The molecule has 12 nitrogen and oxygen atoms in total. The molecular formula is C43H53N3O9S. The number of hydrogen-bond donors (Lipinski definition) is 1. The third kappa shape index (κ3) is 8.93. The van der Waals surface area contributed by atoms with Crippen LogP contribution in [0.3, 0.4) is 0 Å². The fraction of sp³-hybridized carbons (Fsp3) is 0.512. The summed E-state index contributed by atoms with van der Waals surface area (Å²) in [6, 6.07) is 16.0. The molecule has 0 spiro atoms. The van der Waals surface area contributed by atoms with Crippen molar-refractivity contribution in [2.45, 2.75) is 102 Å². The van der Waals surface area contributed by atoms with Crippen LogP contribution in [0.2, 0.25) is 0 Å². The molecule has 1 aromatic heterocycles. The summed E-state index contributed by atoms with van der Waals surface area (Å²) in [5.41, 5.74) is -1.45. The van der Waals surface area contributed by atoms with Gasteiger partial charge in [0.25, 0.3) is 0 Å². The Morgan fingerprint density at radius 1 is 1.04 bits per heavy atom. The monoisotopic (exact) mass is 787 g/mol. The third-order valence-electron chi connectivity index (χ3n) is 10.9. The zero-order valence-corrected chi connectivity index (χ0v) is 34.1. The number of ether oxygens (including phenoxy) is 3. The number of carbonyl (C=O) groups is 4. The number of amides is 2. The van der Waals surface area contributed by atoms with Crippen LogP contribution in [-0.4, -0.2) is 89.8 Å². The van der Waals surface area contributed by atoms with Crippen molar-refractivity contribution < 1.29 is 41.8 Å². The highest BCUT2D eigenvalue weighted by atomic mass is 32.2. The number of nitrogens with zero attached hydrogens (tertiary/aromatic N) is 2. The van der Waals surface area contributed by atoms with Crippen LogP contribution in [0.15, 0.2) is 67.3 Å². The number of likely N-dealkylation sites (tertiary alicyclic amines) is 1. The van der Waals surface area contributed by atoms with Gasteiger partial charge in [0.15, 0.2) is 15.6 Å². The first-order valence-corrected chi connectivity index (χ1v) is 20.9. The SMILES string of the molecule is C=C[C@@H]1C[C@]1(NC(=O)[C@@H]1C[C@@H](Oc2nc(-c3ccc(OC)cc3)cc3ccccc23)CN1C(=O)[C@@H](CC(=O)OC(C)(C)C)C(C)(C)C)C(=O)CS(=O)(=O)C1CC1. The number of pyridine rings is 1. The van der Waals surface area contributed by atoms with E-state index in [1.54, 1.807) is 34.0 Å². The van der Waals surface area contributed by atoms with Gasteiger partial charge >= 0.3 is 5.97 Å². The van der Waals surface area contributed by atoms with E-state index in [-0.39, 0.29) is 25.8 Å². The molecule has 0 radical (unpaired) electrons. The summed E-state index contributed by atoms with van der Waals surface area (Å²) in [5, 5.41) is 3.97. The van der Waals surface area contributed by atoms with Crippen LogP contribution in [0.4, 0.5) is 0 Å². The topological polar surface area (TPSA) is 158 Å². The number of methoxy groups -OCH3 is 1. The fourth-order valence-electron chi connectivity index (χ4n) is 7.48. The number of hydrogen-bond acceptors (Lipinski definition) is 10. The maximum Gasteiger partial charge on any atom is 0.307 e. The molecule has 0 unspecified atom stereocenters. The van der Waals surface area contributed by atoms with Gasteiger partial charge in [-0.2, -0.15) is 0 Å². The Labute approximate surface area is 329 Å². The number of rotatable bonds is 14. The van der Waals surface area contributed by atoms with Crippen LogP contribution in [0, 0.1) is 17.3 Å². The molecule has 2 aliphatic carbocycles. The van der Waals surface area contributed by atoms with Crippen LogP contribution in [0.1, 0.15) is 73.6 Å².